The number of para-hydroxylation sites is 1. The molecule has 122 valence electrons. The zero-order valence-corrected chi connectivity index (χ0v) is 13.5. The number of likely N-dealkylation sites (tertiary alicyclic amines) is 1. The second-order valence-corrected chi connectivity index (χ2v) is 5.70. The molecule has 2 heterocycles. The Morgan fingerprint density at radius 1 is 1.43 bits per heavy atom. The minimum Gasteiger partial charge on any atom is -0.493 e. The molecule has 0 radical (unpaired) electrons. The van der Waals surface area contributed by atoms with Gasteiger partial charge < -0.3 is 14.2 Å². The van der Waals surface area contributed by atoms with Crippen molar-refractivity contribution in [3.63, 3.8) is 0 Å². The first-order valence-electron chi connectivity index (χ1n) is 8.00. The molecule has 0 N–H and O–H groups in total. The molecule has 6 heteroatoms. The fraction of sp³-hybridized carbons (Fsp3) is 0.471. The number of benzene rings is 1. The van der Waals surface area contributed by atoms with Gasteiger partial charge in [-0.3, -0.25) is 4.79 Å². The van der Waals surface area contributed by atoms with Crippen LogP contribution in [0.5, 0.6) is 5.75 Å². The highest BCUT2D eigenvalue weighted by Crippen LogP contribution is 2.28. The maximum atomic E-state index is 12.9. The van der Waals surface area contributed by atoms with Crippen molar-refractivity contribution in [2.24, 2.45) is 0 Å². The lowest BCUT2D eigenvalue weighted by molar-refractivity contribution is 0.0691. The number of hydrogen-bond acceptors (Lipinski definition) is 5. The van der Waals surface area contributed by atoms with E-state index >= 15 is 0 Å². The molecular weight excluding hydrogens is 294 g/mol. The van der Waals surface area contributed by atoms with E-state index in [1.165, 1.54) is 0 Å². The molecule has 1 amide bonds. The molecule has 1 saturated heterocycles. The number of piperidine rings is 1. The second kappa shape index (κ2) is 6.81. The Morgan fingerprint density at radius 3 is 3.00 bits per heavy atom. The Bertz CT molecular complexity index is 683. The van der Waals surface area contributed by atoms with Gasteiger partial charge in [0.15, 0.2) is 5.82 Å². The summed E-state index contributed by atoms with van der Waals surface area (Å²) in [4.78, 5) is 19.0. The predicted octanol–water partition coefficient (Wildman–Crippen LogP) is 2.80. The van der Waals surface area contributed by atoms with Crippen LogP contribution >= 0.6 is 0 Å². The van der Waals surface area contributed by atoms with Gasteiger partial charge in [0.2, 0.25) is 5.89 Å². The van der Waals surface area contributed by atoms with Crippen molar-refractivity contribution in [1.82, 2.24) is 15.0 Å². The van der Waals surface area contributed by atoms with Crippen molar-refractivity contribution in [2.45, 2.75) is 32.6 Å². The van der Waals surface area contributed by atoms with E-state index in [1.54, 1.807) is 6.92 Å². The van der Waals surface area contributed by atoms with Crippen LogP contribution in [0.15, 0.2) is 28.8 Å². The van der Waals surface area contributed by atoms with Gasteiger partial charge in [-0.1, -0.05) is 17.3 Å². The molecule has 0 spiro atoms. The number of ether oxygens (including phenoxy) is 1. The van der Waals surface area contributed by atoms with E-state index in [-0.39, 0.29) is 11.8 Å². The first-order valence-corrected chi connectivity index (χ1v) is 8.00. The Labute approximate surface area is 135 Å². The number of aromatic nitrogens is 2. The molecule has 23 heavy (non-hydrogen) atoms. The van der Waals surface area contributed by atoms with Crippen LogP contribution in [0, 0.1) is 6.92 Å². The third-order valence-electron chi connectivity index (χ3n) is 4.02. The van der Waals surface area contributed by atoms with Gasteiger partial charge in [0.1, 0.15) is 5.75 Å². The minimum atomic E-state index is -0.00464. The van der Waals surface area contributed by atoms with Gasteiger partial charge in [-0.25, -0.2) is 0 Å². The second-order valence-electron chi connectivity index (χ2n) is 5.70. The number of carbonyl (C=O) groups is 1. The summed E-state index contributed by atoms with van der Waals surface area (Å²) in [5.74, 6) is 1.99. The summed E-state index contributed by atoms with van der Waals surface area (Å²) >= 11 is 0. The first-order chi connectivity index (χ1) is 11.2. The number of nitrogens with zero attached hydrogens (tertiary/aromatic N) is 3. The van der Waals surface area contributed by atoms with Crippen LogP contribution in [0.3, 0.4) is 0 Å². The molecule has 3 rings (SSSR count). The van der Waals surface area contributed by atoms with Gasteiger partial charge in [-0.05, 0) is 38.8 Å². The highest BCUT2D eigenvalue weighted by Gasteiger charge is 2.29. The van der Waals surface area contributed by atoms with Crippen LogP contribution < -0.4 is 4.74 Å². The van der Waals surface area contributed by atoms with Crippen molar-refractivity contribution in [3.8, 4) is 5.75 Å². The summed E-state index contributed by atoms with van der Waals surface area (Å²) in [5.41, 5.74) is 0.608. The molecule has 1 aromatic carbocycles. The van der Waals surface area contributed by atoms with Crippen LogP contribution in [-0.4, -0.2) is 40.6 Å². The van der Waals surface area contributed by atoms with Crippen molar-refractivity contribution < 1.29 is 14.1 Å². The standard InChI is InChI=1S/C17H21N3O3/c1-3-22-15-9-5-4-8-14(15)17(21)20-10-6-7-13(11-20)16-18-12(2)19-23-16/h4-5,8-9,13H,3,6-7,10-11H2,1-2H3/t13-/m0/s1. The van der Waals surface area contributed by atoms with Gasteiger partial charge in [-0.2, -0.15) is 4.98 Å². The van der Waals surface area contributed by atoms with Gasteiger partial charge in [0, 0.05) is 13.1 Å². The van der Waals surface area contributed by atoms with Crippen molar-refractivity contribution in [3.05, 3.63) is 41.5 Å². The lowest BCUT2D eigenvalue weighted by Crippen LogP contribution is -2.39. The van der Waals surface area contributed by atoms with Crippen LogP contribution in [0.4, 0.5) is 0 Å². The third kappa shape index (κ3) is 3.36. The lowest BCUT2D eigenvalue weighted by atomic mass is 9.97. The molecule has 0 saturated carbocycles. The summed E-state index contributed by atoms with van der Waals surface area (Å²) in [6.07, 6.45) is 1.88. The molecule has 1 fully saturated rings. The molecule has 6 nitrogen and oxygen atoms in total. The summed E-state index contributed by atoms with van der Waals surface area (Å²) in [7, 11) is 0. The zero-order chi connectivity index (χ0) is 16.2. The third-order valence-corrected chi connectivity index (χ3v) is 4.02. The number of aryl methyl sites for hydroxylation is 1. The van der Waals surface area contributed by atoms with Gasteiger partial charge in [0.25, 0.3) is 5.91 Å². The fourth-order valence-corrected chi connectivity index (χ4v) is 2.94. The molecular formula is C17H21N3O3. The molecule has 0 unspecified atom stereocenters. The number of amides is 1. The Balaban J connectivity index is 1.77. The van der Waals surface area contributed by atoms with E-state index in [4.69, 9.17) is 9.26 Å². The molecule has 1 aliphatic heterocycles. The monoisotopic (exact) mass is 315 g/mol. The molecule has 1 aliphatic rings. The van der Waals surface area contributed by atoms with Gasteiger partial charge >= 0.3 is 0 Å². The average Bonchev–Trinajstić information content (AvgIpc) is 3.02. The Kier molecular flexibility index (Phi) is 4.60. The van der Waals surface area contributed by atoms with E-state index in [1.807, 2.05) is 36.1 Å². The van der Waals surface area contributed by atoms with Crippen LogP contribution in [0.2, 0.25) is 0 Å². The molecule has 0 aliphatic carbocycles. The lowest BCUT2D eigenvalue weighted by Gasteiger charge is -2.31. The van der Waals surface area contributed by atoms with E-state index in [0.717, 1.165) is 19.4 Å². The van der Waals surface area contributed by atoms with Crippen LogP contribution in [0.1, 0.15) is 47.8 Å². The maximum Gasteiger partial charge on any atom is 0.257 e. The van der Waals surface area contributed by atoms with Gasteiger partial charge in [0.05, 0.1) is 18.1 Å². The summed E-state index contributed by atoms with van der Waals surface area (Å²) in [6, 6.07) is 7.38. The number of hydrogen-bond donors (Lipinski definition) is 0. The van der Waals surface area contributed by atoms with E-state index < -0.39 is 0 Å². The van der Waals surface area contributed by atoms with Crippen LogP contribution in [-0.2, 0) is 0 Å². The topological polar surface area (TPSA) is 68.5 Å². The van der Waals surface area contributed by atoms with Crippen LogP contribution in [0.25, 0.3) is 0 Å². The largest absolute Gasteiger partial charge is 0.493 e. The fourth-order valence-electron chi connectivity index (χ4n) is 2.94. The normalized spacial score (nSPS) is 18.0. The number of rotatable bonds is 4. The first kappa shape index (κ1) is 15.5. The van der Waals surface area contributed by atoms with E-state index in [9.17, 15) is 4.79 Å². The van der Waals surface area contributed by atoms with E-state index in [2.05, 4.69) is 10.1 Å². The molecule has 2 aromatic rings. The van der Waals surface area contributed by atoms with Crippen molar-refractivity contribution >= 4 is 5.91 Å². The molecule has 1 atom stereocenters. The summed E-state index contributed by atoms with van der Waals surface area (Å²) in [5, 5.41) is 3.85. The SMILES string of the molecule is CCOc1ccccc1C(=O)N1CCC[C@H](c2nc(C)no2)C1. The molecule has 1 aromatic heterocycles. The zero-order valence-electron chi connectivity index (χ0n) is 13.5. The van der Waals surface area contributed by atoms with Crippen molar-refractivity contribution in [1.29, 1.82) is 0 Å². The number of carbonyl (C=O) groups excluding carboxylic acids is 1. The summed E-state index contributed by atoms with van der Waals surface area (Å²) in [6.45, 7) is 5.59. The van der Waals surface area contributed by atoms with E-state index in [0.29, 0.717) is 36.2 Å². The molecule has 0 bridgehead atoms. The Hall–Kier alpha value is -2.37. The highest BCUT2D eigenvalue weighted by molar-refractivity contribution is 5.97. The minimum absolute atomic E-state index is 0.00464. The quantitative estimate of drug-likeness (QED) is 0.868. The summed E-state index contributed by atoms with van der Waals surface area (Å²) < 4.78 is 10.9. The smallest absolute Gasteiger partial charge is 0.257 e. The highest BCUT2D eigenvalue weighted by atomic mass is 16.5. The van der Waals surface area contributed by atoms with Gasteiger partial charge in [-0.15, -0.1) is 0 Å². The van der Waals surface area contributed by atoms with Crippen molar-refractivity contribution in [2.75, 3.05) is 19.7 Å². The Morgan fingerprint density at radius 2 is 2.26 bits per heavy atom. The predicted molar refractivity (Wildman–Crippen MR) is 84.5 cm³/mol. The maximum absolute atomic E-state index is 12.9. The average molecular weight is 315 g/mol.